The average Bonchev–Trinajstić information content (AvgIpc) is 2.72. The van der Waals surface area contributed by atoms with Crippen molar-refractivity contribution in [3.05, 3.63) is 81.4 Å². The first-order valence-electron chi connectivity index (χ1n) is 9.19. The molecule has 3 rings (SSSR count). The van der Waals surface area contributed by atoms with Gasteiger partial charge in [-0.1, -0.05) is 36.4 Å². The first-order chi connectivity index (χ1) is 13.6. The molecule has 1 amide bonds. The van der Waals surface area contributed by atoms with Crippen LogP contribution < -0.4 is 5.32 Å². The number of amides is 1. The van der Waals surface area contributed by atoms with Gasteiger partial charge in [0, 0.05) is 38.3 Å². The number of rotatable bonds is 7. The number of morpholine rings is 1. The van der Waals surface area contributed by atoms with Gasteiger partial charge in [-0.3, -0.25) is 19.8 Å². The summed E-state index contributed by atoms with van der Waals surface area (Å²) in [6.45, 7) is 4.76. The molecule has 0 radical (unpaired) electrons. The zero-order chi connectivity index (χ0) is 19.8. The van der Waals surface area contributed by atoms with Gasteiger partial charge in [0.05, 0.1) is 23.7 Å². The summed E-state index contributed by atoms with van der Waals surface area (Å²) in [5, 5.41) is 13.8. The van der Waals surface area contributed by atoms with E-state index in [-0.39, 0.29) is 11.6 Å². The van der Waals surface area contributed by atoms with Crippen LogP contribution in [-0.2, 0) is 22.6 Å². The van der Waals surface area contributed by atoms with E-state index in [1.165, 1.54) is 23.8 Å². The number of nitrogens with zero attached hydrogens (tertiary/aromatic N) is 2. The third kappa shape index (κ3) is 5.73. The second kappa shape index (κ2) is 9.77. The van der Waals surface area contributed by atoms with Crippen LogP contribution in [0.25, 0.3) is 6.08 Å². The summed E-state index contributed by atoms with van der Waals surface area (Å²) in [6, 6.07) is 14.5. The normalized spacial score (nSPS) is 14.9. The topological polar surface area (TPSA) is 84.7 Å². The highest BCUT2D eigenvalue weighted by molar-refractivity contribution is 5.92. The zero-order valence-corrected chi connectivity index (χ0v) is 15.5. The molecule has 1 aliphatic rings. The van der Waals surface area contributed by atoms with Gasteiger partial charge in [0.15, 0.2) is 0 Å². The SMILES string of the molecule is O=C(/C=C/c1ccccc1[N+](=O)[O-])NCc1ccc(CN2CCOCC2)cc1. The molecule has 146 valence electrons. The lowest BCUT2D eigenvalue weighted by atomic mass is 10.1. The second-order valence-electron chi connectivity index (χ2n) is 6.57. The molecule has 28 heavy (non-hydrogen) atoms. The van der Waals surface area contributed by atoms with E-state index in [0.29, 0.717) is 12.1 Å². The largest absolute Gasteiger partial charge is 0.379 e. The van der Waals surface area contributed by atoms with Crippen molar-refractivity contribution in [2.45, 2.75) is 13.1 Å². The lowest BCUT2D eigenvalue weighted by Gasteiger charge is -2.26. The van der Waals surface area contributed by atoms with Gasteiger partial charge in [-0.15, -0.1) is 0 Å². The van der Waals surface area contributed by atoms with E-state index in [0.717, 1.165) is 38.4 Å². The Morgan fingerprint density at radius 3 is 2.50 bits per heavy atom. The molecule has 0 aromatic heterocycles. The Balaban J connectivity index is 1.50. The molecular weight excluding hydrogens is 358 g/mol. The molecule has 0 bridgehead atoms. The van der Waals surface area contributed by atoms with Crippen LogP contribution in [0.3, 0.4) is 0 Å². The number of nitrogens with one attached hydrogen (secondary N) is 1. The first kappa shape index (κ1) is 19.7. The van der Waals surface area contributed by atoms with Gasteiger partial charge in [0.25, 0.3) is 5.69 Å². The Morgan fingerprint density at radius 2 is 1.79 bits per heavy atom. The quantitative estimate of drug-likeness (QED) is 0.453. The molecule has 2 aromatic carbocycles. The van der Waals surface area contributed by atoms with Crippen molar-refractivity contribution in [3.8, 4) is 0 Å². The minimum absolute atomic E-state index is 0.0255. The van der Waals surface area contributed by atoms with Crippen LogP contribution in [-0.4, -0.2) is 42.0 Å². The number of para-hydroxylation sites is 1. The lowest BCUT2D eigenvalue weighted by Crippen LogP contribution is -2.35. The fourth-order valence-electron chi connectivity index (χ4n) is 2.99. The summed E-state index contributed by atoms with van der Waals surface area (Å²) in [6.07, 6.45) is 2.77. The molecule has 0 atom stereocenters. The predicted molar refractivity (Wildman–Crippen MR) is 107 cm³/mol. The molecule has 1 saturated heterocycles. The fraction of sp³-hybridized carbons (Fsp3) is 0.286. The summed E-state index contributed by atoms with van der Waals surface area (Å²) in [4.78, 5) is 24.9. The summed E-state index contributed by atoms with van der Waals surface area (Å²) < 4.78 is 5.36. The van der Waals surface area contributed by atoms with Gasteiger partial charge in [-0.05, 0) is 23.3 Å². The zero-order valence-electron chi connectivity index (χ0n) is 15.5. The van der Waals surface area contributed by atoms with Crippen LogP contribution >= 0.6 is 0 Å². The summed E-state index contributed by atoms with van der Waals surface area (Å²) >= 11 is 0. The maximum atomic E-state index is 12.0. The highest BCUT2D eigenvalue weighted by Gasteiger charge is 2.11. The summed E-state index contributed by atoms with van der Waals surface area (Å²) in [7, 11) is 0. The highest BCUT2D eigenvalue weighted by atomic mass is 16.6. The second-order valence-corrected chi connectivity index (χ2v) is 6.57. The van der Waals surface area contributed by atoms with E-state index < -0.39 is 4.92 Å². The first-order valence-corrected chi connectivity index (χ1v) is 9.19. The molecule has 0 aliphatic carbocycles. The average molecular weight is 381 g/mol. The molecule has 0 saturated carbocycles. The van der Waals surface area contributed by atoms with Crippen molar-refractivity contribution >= 4 is 17.7 Å². The van der Waals surface area contributed by atoms with Gasteiger partial charge in [0.1, 0.15) is 0 Å². The molecule has 7 nitrogen and oxygen atoms in total. The Morgan fingerprint density at radius 1 is 1.11 bits per heavy atom. The number of nitro benzene ring substituents is 1. The van der Waals surface area contributed by atoms with Gasteiger partial charge in [0.2, 0.25) is 5.91 Å². The summed E-state index contributed by atoms with van der Waals surface area (Å²) in [5.41, 5.74) is 2.60. The Labute approximate surface area is 163 Å². The van der Waals surface area contributed by atoms with Gasteiger partial charge in [-0.2, -0.15) is 0 Å². The summed E-state index contributed by atoms with van der Waals surface area (Å²) in [5.74, 6) is -0.296. The lowest BCUT2D eigenvalue weighted by molar-refractivity contribution is -0.385. The Kier molecular flexibility index (Phi) is 6.89. The van der Waals surface area contributed by atoms with Crippen LogP contribution in [0.1, 0.15) is 16.7 Å². The molecule has 0 unspecified atom stereocenters. The number of carbonyl (C=O) groups excluding carboxylic acids is 1. The van der Waals surface area contributed by atoms with Crippen LogP contribution in [0.4, 0.5) is 5.69 Å². The number of hydrogen-bond acceptors (Lipinski definition) is 5. The third-order valence-corrected chi connectivity index (χ3v) is 4.55. The van der Waals surface area contributed by atoms with Crippen molar-refractivity contribution in [1.82, 2.24) is 10.2 Å². The monoisotopic (exact) mass is 381 g/mol. The van der Waals surface area contributed by atoms with Crippen molar-refractivity contribution in [1.29, 1.82) is 0 Å². The van der Waals surface area contributed by atoms with Gasteiger partial charge in [-0.25, -0.2) is 0 Å². The molecule has 2 aromatic rings. The van der Waals surface area contributed by atoms with E-state index in [1.54, 1.807) is 18.2 Å². The van der Waals surface area contributed by atoms with Crippen LogP contribution in [0, 0.1) is 10.1 Å². The van der Waals surface area contributed by atoms with E-state index in [9.17, 15) is 14.9 Å². The third-order valence-electron chi connectivity index (χ3n) is 4.55. The van der Waals surface area contributed by atoms with E-state index in [2.05, 4.69) is 22.3 Å². The van der Waals surface area contributed by atoms with Crippen molar-refractivity contribution < 1.29 is 14.5 Å². The smallest absolute Gasteiger partial charge is 0.276 e. The van der Waals surface area contributed by atoms with E-state index in [4.69, 9.17) is 4.74 Å². The van der Waals surface area contributed by atoms with Crippen LogP contribution in [0.15, 0.2) is 54.6 Å². The molecule has 7 heteroatoms. The number of ether oxygens (including phenoxy) is 1. The molecule has 1 aliphatic heterocycles. The Bertz CT molecular complexity index is 843. The minimum Gasteiger partial charge on any atom is -0.379 e. The van der Waals surface area contributed by atoms with Gasteiger partial charge < -0.3 is 10.1 Å². The predicted octanol–water partition coefficient (Wildman–Crippen LogP) is 2.76. The van der Waals surface area contributed by atoms with Crippen molar-refractivity contribution in [2.24, 2.45) is 0 Å². The standard InChI is InChI=1S/C21H23N3O4/c25-21(10-9-19-3-1-2-4-20(19)24(26)27)22-15-17-5-7-18(8-6-17)16-23-11-13-28-14-12-23/h1-10H,11-16H2,(H,22,25)/b10-9+. The van der Waals surface area contributed by atoms with Gasteiger partial charge >= 0.3 is 0 Å². The number of hydrogen-bond donors (Lipinski definition) is 1. The molecule has 1 heterocycles. The van der Waals surface area contributed by atoms with Crippen molar-refractivity contribution in [3.63, 3.8) is 0 Å². The molecule has 1 fully saturated rings. The fourth-order valence-corrected chi connectivity index (χ4v) is 2.99. The van der Waals surface area contributed by atoms with Crippen LogP contribution in [0.5, 0.6) is 0 Å². The number of carbonyl (C=O) groups is 1. The molecular formula is C21H23N3O4. The van der Waals surface area contributed by atoms with Crippen LogP contribution in [0.2, 0.25) is 0 Å². The maximum absolute atomic E-state index is 12.0. The number of nitro groups is 1. The van der Waals surface area contributed by atoms with Crippen molar-refractivity contribution in [2.75, 3.05) is 26.3 Å². The highest BCUT2D eigenvalue weighted by Crippen LogP contribution is 2.18. The molecule has 1 N–H and O–H groups in total. The van der Waals surface area contributed by atoms with E-state index in [1.807, 2.05) is 12.1 Å². The Hall–Kier alpha value is -3.03. The molecule has 0 spiro atoms. The number of benzene rings is 2. The minimum atomic E-state index is -0.462. The van der Waals surface area contributed by atoms with E-state index >= 15 is 0 Å². The maximum Gasteiger partial charge on any atom is 0.276 e.